The van der Waals surface area contributed by atoms with Crippen molar-refractivity contribution in [3.63, 3.8) is 0 Å². The van der Waals surface area contributed by atoms with E-state index in [1.165, 1.54) is 12.3 Å². The summed E-state index contributed by atoms with van der Waals surface area (Å²) in [7, 11) is 0. The van der Waals surface area contributed by atoms with E-state index in [0.717, 1.165) is 15.6 Å². The highest BCUT2D eigenvalue weighted by Gasteiger charge is 2.08. The maximum absolute atomic E-state index is 11.8. The topological polar surface area (TPSA) is 70.9 Å². The van der Waals surface area contributed by atoms with E-state index >= 15 is 0 Å². The fourth-order valence-electron chi connectivity index (χ4n) is 2.04. The lowest BCUT2D eigenvalue weighted by Gasteiger charge is -2.11. The molecule has 0 atom stereocenters. The van der Waals surface area contributed by atoms with Gasteiger partial charge in [-0.05, 0) is 64.7 Å². The van der Waals surface area contributed by atoms with Crippen molar-refractivity contribution in [2.75, 3.05) is 6.61 Å². The second kappa shape index (κ2) is 8.17. The van der Waals surface area contributed by atoms with Gasteiger partial charge in [-0.3, -0.25) is 4.79 Å². The van der Waals surface area contributed by atoms with Crippen LogP contribution in [0, 0.1) is 13.8 Å². The van der Waals surface area contributed by atoms with Crippen LogP contribution in [0.25, 0.3) is 0 Å². The number of carbonyl (C=O) groups excluding carboxylic acids is 1. The molecule has 0 saturated carbocycles. The average Bonchev–Trinajstić information content (AvgIpc) is 2.49. The molecule has 2 aromatic carbocycles. The first-order valence-corrected chi connectivity index (χ1v) is 8.24. The number of hydrogen-bond donors (Lipinski definition) is 2. The normalized spacial score (nSPS) is 10.8. The second-order valence-electron chi connectivity index (χ2n) is 5.19. The van der Waals surface area contributed by atoms with Crippen molar-refractivity contribution in [1.82, 2.24) is 5.43 Å². The monoisotopic (exact) mass is 410 g/mol. The molecule has 7 heteroatoms. The zero-order chi connectivity index (χ0) is 17.7. The predicted molar refractivity (Wildman–Crippen MR) is 98.0 cm³/mol. The van der Waals surface area contributed by atoms with E-state index in [9.17, 15) is 9.90 Å². The van der Waals surface area contributed by atoms with E-state index in [1.54, 1.807) is 12.1 Å². The van der Waals surface area contributed by atoms with E-state index in [0.29, 0.717) is 11.3 Å². The molecule has 5 nitrogen and oxygen atoms in total. The maximum Gasteiger partial charge on any atom is 0.277 e. The highest BCUT2D eigenvalue weighted by atomic mass is 79.9. The number of aromatic hydroxyl groups is 1. The van der Waals surface area contributed by atoms with Crippen LogP contribution in [0.1, 0.15) is 16.7 Å². The molecule has 24 heavy (non-hydrogen) atoms. The molecule has 0 heterocycles. The van der Waals surface area contributed by atoms with Crippen LogP contribution >= 0.6 is 27.5 Å². The lowest BCUT2D eigenvalue weighted by Crippen LogP contribution is -2.24. The molecule has 0 radical (unpaired) electrons. The Balaban J connectivity index is 1.90. The van der Waals surface area contributed by atoms with Gasteiger partial charge in [0.1, 0.15) is 11.5 Å². The summed E-state index contributed by atoms with van der Waals surface area (Å²) in [6.45, 7) is 3.74. The fraction of sp³-hybridized carbons (Fsp3) is 0.176. The van der Waals surface area contributed by atoms with Gasteiger partial charge in [-0.1, -0.05) is 23.7 Å². The van der Waals surface area contributed by atoms with Crippen LogP contribution in [0.4, 0.5) is 0 Å². The number of halogens is 2. The summed E-state index contributed by atoms with van der Waals surface area (Å²) in [4.78, 5) is 11.8. The van der Waals surface area contributed by atoms with Crippen LogP contribution in [-0.4, -0.2) is 23.8 Å². The Hall–Kier alpha value is -2.05. The summed E-state index contributed by atoms with van der Waals surface area (Å²) in [6, 6.07) is 8.55. The SMILES string of the molecule is Cc1cc(C)c(OCC(=O)N/N=C/c2ccc(Cl)c(O)c2)c(Br)c1. The number of hydrogen-bond acceptors (Lipinski definition) is 4. The average molecular weight is 412 g/mol. The largest absolute Gasteiger partial charge is 0.506 e. The van der Waals surface area contributed by atoms with E-state index in [1.807, 2.05) is 26.0 Å². The van der Waals surface area contributed by atoms with Crippen LogP contribution < -0.4 is 10.2 Å². The molecule has 1 amide bonds. The van der Waals surface area contributed by atoms with Crippen LogP contribution in [0.2, 0.25) is 5.02 Å². The Kier molecular flexibility index (Phi) is 6.23. The summed E-state index contributed by atoms with van der Waals surface area (Å²) < 4.78 is 6.33. The molecule has 0 aliphatic carbocycles. The number of carbonyl (C=O) groups is 1. The number of nitrogens with zero attached hydrogens (tertiary/aromatic N) is 1. The van der Waals surface area contributed by atoms with Crippen molar-refractivity contribution >= 4 is 39.7 Å². The Morgan fingerprint density at radius 2 is 2.12 bits per heavy atom. The molecular weight excluding hydrogens is 396 g/mol. The van der Waals surface area contributed by atoms with Crippen LogP contribution in [0.5, 0.6) is 11.5 Å². The molecule has 126 valence electrons. The van der Waals surface area contributed by atoms with E-state index in [2.05, 4.69) is 26.5 Å². The van der Waals surface area contributed by atoms with E-state index < -0.39 is 5.91 Å². The summed E-state index contributed by atoms with van der Waals surface area (Å²) in [5.74, 6) is 0.189. The number of nitrogens with one attached hydrogen (secondary N) is 1. The van der Waals surface area contributed by atoms with Gasteiger partial charge < -0.3 is 9.84 Å². The predicted octanol–water partition coefficient (Wildman–Crippen LogP) is 3.95. The molecule has 0 unspecified atom stereocenters. The summed E-state index contributed by atoms with van der Waals surface area (Å²) in [6.07, 6.45) is 1.40. The van der Waals surface area contributed by atoms with Crippen molar-refractivity contribution in [2.45, 2.75) is 13.8 Å². The lowest BCUT2D eigenvalue weighted by molar-refractivity contribution is -0.123. The standard InChI is InChI=1S/C17H16BrClN2O3/c1-10-5-11(2)17(13(18)6-10)24-9-16(23)21-20-8-12-3-4-14(19)15(22)7-12/h3-8,22H,9H2,1-2H3,(H,21,23)/b20-8+. The van der Waals surface area contributed by atoms with Gasteiger partial charge in [-0.2, -0.15) is 5.10 Å². The number of ether oxygens (including phenoxy) is 1. The number of rotatable bonds is 5. The highest BCUT2D eigenvalue weighted by Crippen LogP contribution is 2.30. The molecule has 0 aromatic heterocycles. The van der Waals surface area contributed by atoms with Gasteiger partial charge in [0, 0.05) is 0 Å². The minimum absolute atomic E-state index is 0.0463. The van der Waals surface area contributed by atoms with Crippen LogP contribution in [0.3, 0.4) is 0 Å². The minimum Gasteiger partial charge on any atom is -0.506 e. The van der Waals surface area contributed by atoms with Crippen molar-refractivity contribution in [3.05, 3.63) is 56.5 Å². The van der Waals surface area contributed by atoms with Gasteiger partial charge in [0.2, 0.25) is 0 Å². The lowest BCUT2D eigenvalue weighted by atomic mass is 10.1. The van der Waals surface area contributed by atoms with Gasteiger partial charge in [0.05, 0.1) is 15.7 Å². The number of benzene rings is 2. The molecule has 0 fully saturated rings. The smallest absolute Gasteiger partial charge is 0.277 e. The third-order valence-electron chi connectivity index (χ3n) is 3.09. The number of amides is 1. The van der Waals surface area contributed by atoms with Gasteiger partial charge in [0.25, 0.3) is 5.91 Å². The maximum atomic E-state index is 11.8. The zero-order valence-corrected chi connectivity index (χ0v) is 15.5. The summed E-state index contributed by atoms with van der Waals surface area (Å²) >= 11 is 9.14. The Labute approximate surface area is 153 Å². The fourth-order valence-corrected chi connectivity index (χ4v) is 2.95. The van der Waals surface area contributed by atoms with E-state index in [-0.39, 0.29) is 17.4 Å². The van der Waals surface area contributed by atoms with Gasteiger partial charge >= 0.3 is 0 Å². The molecular formula is C17H16BrClN2O3. The first kappa shape index (κ1) is 18.3. The molecule has 2 aromatic rings. The van der Waals surface area contributed by atoms with Gasteiger partial charge in [-0.15, -0.1) is 0 Å². The Bertz CT molecular complexity index is 770. The second-order valence-corrected chi connectivity index (χ2v) is 6.45. The third kappa shape index (κ3) is 4.97. The molecule has 2 rings (SSSR count). The first-order chi connectivity index (χ1) is 11.4. The quantitative estimate of drug-likeness (QED) is 0.578. The van der Waals surface area contributed by atoms with Crippen molar-refractivity contribution in [1.29, 1.82) is 0 Å². The van der Waals surface area contributed by atoms with E-state index in [4.69, 9.17) is 16.3 Å². The number of phenolic OH excluding ortho intramolecular Hbond substituents is 1. The Morgan fingerprint density at radius 1 is 1.38 bits per heavy atom. The zero-order valence-electron chi connectivity index (χ0n) is 13.1. The van der Waals surface area contributed by atoms with Crippen molar-refractivity contribution < 1.29 is 14.6 Å². The summed E-state index contributed by atoms with van der Waals surface area (Å²) in [5, 5.41) is 13.6. The highest BCUT2D eigenvalue weighted by molar-refractivity contribution is 9.10. The molecule has 0 aliphatic rings. The van der Waals surface area contributed by atoms with Crippen LogP contribution in [-0.2, 0) is 4.79 Å². The molecule has 2 N–H and O–H groups in total. The van der Waals surface area contributed by atoms with Crippen LogP contribution in [0.15, 0.2) is 39.9 Å². The molecule has 0 aliphatic heterocycles. The molecule has 0 bridgehead atoms. The van der Waals surface area contributed by atoms with Gasteiger partial charge in [-0.25, -0.2) is 5.43 Å². The first-order valence-electron chi connectivity index (χ1n) is 7.07. The van der Waals surface area contributed by atoms with Crippen molar-refractivity contribution in [2.24, 2.45) is 5.10 Å². The molecule has 0 spiro atoms. The molecule has 0 saturated heterocycles. The number of hydrazone groups is 1. The third-order valence-corrected chi connectivity index (χ3v) is 4.00. The Morgan fingerprint density at radius 3 is 2.79 bits per heavy atom. The van der Waals surface area contributed by atoms with Crippen molar-refractivity contribution in [3.8, 4) is 11.5 Å². The number of aryl methyl sites for hydroxylation is 2. The minimum atomic E-state index is -0.392. The number of phenols is 1. The summed E-state index contributed by atoms with van der Waals surface area (Å²) in [5.41, 5.74) is 5.01. The van der Waals surface area contributed by atoms with Gasteiger partial charge in [0.15, 0.2) is 6.61 Å².